The highest BCUT2D eigenvalue weighted by Crippen LogP contribution is 2.11. The molecule has 0 fully saturated rings. The van der Waals surface area contributed by atoms with Gasteiger partial charge in [0.25, 0.3) is 0 Å². The second kappa shape index (κ2) is 5.01. The van der Waals surface area contributed by atoms with Crippen molar-refractivity contribution < 1.29 is 9.13 Å². The summed E-state index contributed by atoms with van der Waals surface area (Å²) in [4.78, 5) is 0. The maximum atomic E-state index is 12.8. The Kier molecular flexibility index (Phi) is 3.67. The fourth-order valence-corrected chi connectivity index (χ4v) is 1.01. The van der Waals surface area contributed by atoms with Crippen LogP contribution in [0.1, 0.15) is 11.1 Å². The Morgan fingerprint density at radius 3 is 2.93 bits per heavy atom. The Hall–Kier alpha value is -1.84. The van der Waals surface area contributed by atoms with Crippen molar-refractivity contribution in [3.63, 3.8) is 0 Å². The zero-order chi connectivity index (χ0) is 10.4. The van der Waals surface area contributed by atoms with Crippen LogP contribution in [-0.2, 0) is 11.3 Å². The fraction of sp³-hybridized carbons (Fsp3) is 0.182. The quantitative estimate of drug-likeness (QED) is 0.537. The van der Waals surface area contributed by atoms with Gasteiger partial charge in [-0.15, -0.1) is 6.42 Å². The molecule has 3 heteroatoms. The smallest absolute Gasteiger partial charge is 0.123 e. The van der Waals surface area contributed by atoms with Crippen molar-refractivity contribution in [2.24, 2.45) is 0 Å². The summed E-state index contributed by atoms with van der Waals surface area (Å²) in [6.07, 6.45) is 4.98. The number of terminal acetylenes is 1. The Labute approximate surface area is 81.9 Å². The third-order valence-corrected chi connectivity index (χ3v) is 1.63. The maximum absolute atomic E-state index is 12.8. The third-order valence-electron chi connectivity index (χ3n) is 1.63. The summed E-state index contributed by atoms with van der Waals surface area (Å²) >= 11 is 0. The van der Waals surface area contributed by atoms with E-state index in [4.69, 9.17) is 16.4 Å². The van der Waals surface area contributed by atoms with Crippen LogP contribution in [0.2, 0.25) is 0 Å². The number of nitrogens with zero attached hydrogens (tertiary/aromatic N) is 1. The molecule has 0 saturated heterocycles. The molecular weight excluding hydrogens is 181 g/mol. The van der Waals surface area contributed by atoms with Crippen LogP contribution in [0.4, 0.5) is 4.39 Å². The molecule has 0 spiro atoms. The van der Waals surface area contributed by atoms with E-state index in [2.05, 4.69) is 5.92 Å². The van der Waals surface area contributed by atoms with Crippen LogP contribution in [0.5, 0.6) is 0 Å². The molecule has 0 aliphatic carbocycles. The average Bonchev–Trinajstić information content (AvgIpc) is 2.19. The number of rotatable bonds is 3. The van der Waals surface area contributed by atoms with Gasteiger partial charge in [-0.3, -0.25) is 0 Å². The van der Waals surface area contributed by atoms with Crippen molar-refractivity contribution >= 4 is 0 Å². The number of ether oxygens (including phenoxy) is 1. The van der Waals surface area contributed by atoms with Crippen molar-refractivity contribution in [1.29, 1.82) is 5.26 Å². The Balaban J connectivity index is 2.80. The van der Waals surface area contributed by atoms with E-state index in [1.165, 1.54) is 18.2 Å². The van der Waals surface area contributed by atoms with Gasteiger partial charge in [-0.25, -0.2) is 4.39 Å². The molecule has 1 rings (SSSR count). The molecule has 0 unspecified atom stereocenters. The van der Waals surface area contributed by atoms with E-state index >= 15 is 0 Å². The summed E-state index contributed by atoms with van der Waals surface area (Å²) in [7, 11) is 0. The van der Waals surface area contributed by atoms with E-state index in [0.717, 1.165) is 0 Å². The van der Waals surface area contributed by atoms with E-state index in [-0.39, 0.29) is 19.0 Å². The topological polar surface area (TPSA) is 33.0 Å². The molecule has 0 aliphatic heterocycles. The summed E-state index contributed by atoms with van der Waals surface area (Å²) in [6, 6.07) is 5.88. The van der Waals surface area contributed by atoms with Crippen molar-refractivity contribution in [2.75, 3.05) is 6.61 Å². The number of nitriles is 1. The van der Waals surface area contributed by atoms with Gasteiger partial charge in [-0.05, 0) is 23.8 Å². The molecule has 1 aromatic carbocycles. The van der Waals surface area contributed by atoms with Crippen molar-refractivity contribution in [1.82, 2.24) is 0 Å². The first-order valence-corrected chi connectivity index (χ1v) is 3.97. The normalized spacial score (nSPS) is 9.07. The summed E-state index contributed by atoms with van der Waals surface area (Å²) in [5, 5.41) is 8.70. The lowest BCUT2D eigenvalue weighted by Crippen LogP contribution is -1.96. The first-order valence-electron chi connectivity index (χ1n) is 3.97. The van der Waals surface area contributed by atoms with Crippen molar-refractivity contribution in [3.05, 3.63) is 35.1 Å². The SMILES string of the molecule is C#CCOCc1cc(F)ccc1C#N. The van der Waals surface area contributed by atoms with Crippen LogP contribution in [0.3, 0.4) is 0 Å². The van der Waals surface area contributed by atoms with E-state index in [0.29, 0.717) is 11.1 Å². The number of hydrogen-bond donors (Lipinski definition) is 0. The first-order chi connectivity index (χ1) is 6.77. The molecule has 0 N–H and O–H groups in total. The standard InChI is InChI=1S/C11H8FNO/c1-2-5-14-8-10-6-11(12)4-3-9(10)7-13/h1,3-4,6H,5,8H2. The summed E-state index contributed by atoms with van der Waals surface area (Å²) < 4.78 is 17.8. The molecular formula is C11H8FNO. The van der Waals surface area contributed by atoms with Crippen molar-refractivity contribution in [2.45, 2.75) is 6.61 Å². The lowest BCUT2D eigenvalue weighted by molar-refractivity contribution is 0.153. The molecule has 0 amide bonds. The maximum Gasteiger partial charge on any atom is 0.123 e. The molecule has 70 valence electrons. The number of halogens is 1. The highest BCUT2D eigenvalue weighted by molar-refractivity contribution is 5.37. The molecule has 2 nitrogen and oxygen atoms in total. The molecule has 0 heterocycles. The highest BCUT2D eigenvalue weighted by Gasteiger charge is 2.03. The monoisotopic (exact) mass is 189 g/mol. The van der Waals surface area contributed by atoms with Crippen LogP contribution in [0.25, 0.3) is 0 Å². The third kappa shape index (κ3) is 2.58. The highest BCUT2D eigenvalue weighted by atomic mass is 19.1. The van der Waals surface area contributed by atoms with Gasteiger partial charge in [0, 0.05) is 0 Å². The number of hydrogen-bond acceptors (Lipinski definition) is 2. The molecule has 1 aromatic rings. The molecule has 0 bridgehead atoms. The Morgan fingerprint density at radius 2 is 2.29 bits per heavy atom. The van der Waals surface area contributed by atoms with Gasteiger partial charge in [0.05, 0.1) is 18.2 Å². The van der Waals surface area contributed by atoms with E-state index in [1.807, 2.05) is 6.07 Å². The van der Waals surface area contributed by atoms with Gasteiger partial charge in [0.15, 0.2) is 0 Å². The predicted molar refractivity (Wildman–Crippen MR) is 49.6 cm³/mol. The van der Waals surface area contributed by atoms with Crippen LogP contribution >= 0.6 is 0 Å². The Bertz CT molecular complexity index is 401. The van der Waals surface area contributed by atoms with Crippen LogP contribution < -0.4 is 0 Å². The van der Waals surface area contributed by atoms with Gasteiger partial charge in [0.2, 0.25) is 0 Å². The fourth-order valence-electron chi connectivity index (χ4n) is 1.01. The van der Waals surface area contributed by atoms with Crippen LogP contribution in [0.15, 0.2) is 18.2 Å². The molecule has 0 saturated carbocycles. The second-order valence-electron chi connectivity index (χ2n) is 2.61. The molecule has 0 aliphatic rings. The van der Waals surface area contributed by atoms with Gasteiger partial charge in [-0.1, -0.05) is 5.92 Å². The largest absolute Gasteiger partial charge is 0.364 e. The molecule has 0 aromatic heterocycles. The summed E-state index contributed by atoms with van der Waals surface area (Å²) in [5.74, 6) is 1.91. The van der Waals surface area contributed by atoms with Gasteiger partial charge in [0.1, 0.15) is 12.4 Å². The average molecular weight is 189 g/mol. The summed E-state index contributed by atoms with van der Waals surface area (Å²) in [6.45, 7) is 0.312. The van der Waals surface area contributed by atoms with E-state index in [9.17, 15) is 4.39 Å². The van der Waals surface area contributed by atoms with Gasteiger partial charge in [-0.2, -0.15) is 5.26 Å². The van der Waals surface area contributed by atoms with E-state index in [1.54, 1.807) is 0 Å². The van der Waals surface area contributed by atoms with Crippen molar-refractivity contribution in [3.8, 4) is 18.4 Å². The zero-order valence-electron chi connectivity index (χ0n) is 7.46. The Morgan fingerprint density at radius 1 is 1.50 bits per heavy atom. The predicted octanol–water partition coefficient (Wildman–Crippen LogP) is 1.85. The van der Waals surface area contributed by atoms with E-state index < -0.39 is 0 Å². The second-order valence-corrected chi connectivity index (χ2v) is 2.61. The minimum Gasteiger partial charge on any atom is -0.364 e. The zero-order valence-corrected chi connectivity index (χ0v) is 7.46. The molecule has 14 heavy (non-hydrogen) atoms. The lowest BCUT2D eigenvalue weighted by Gasteiger charge is -2.03. The minimum absolute atomic E-state index is 0.154. The molecule has 0 radical (unpaired) electrons. The minimum atomic E-state index is -0.386. The van der Waals surface area contributed by atoms with Gasteiger partial charge >= 0.3 is 0 Å². The lowest BCUT2D eigenvalue weighted by atomic mass is 10.1. The van der Waals surface area contributed by atoms with Gasteiger partial charge < -0.3 is 4.74 Å². The van der Waals surface area contributed by atoms with Crippen LogP contribution in [0, 0.1) is 29.5 Å². The van der Waals surface area contributed by atoms with Crippen LogP contribution in [-0.4, -0.2) is 6.61 Å². The summed E-state index contributed by atoms with van der Waals surface area (Å²) in [5.41, 5.74) is 0.922. The molecule has 0 atom stereocenters. The first kappa shape index (κ1) is 10.2. The number of benzene rings is 1.